The summed E-state index contributed by atoms with van der Waals surface area (Å²) < 4.78 is 5.25. The molecule has 19 heavy (non-hydrogen) atoms. The van der Waals surface area contributed by atoms with Crippen molar-refractivity contribution in [1.29, 1.82) is 0 Å². The van der Waals surface area contributed by atoms with E-state index < -0.39 is 0 Å². The SMILES string of the molecule is COc1cccc(-c2cnc(C3CCCCN3)[nH]2)c1. The zero-order valence-electron chi connectivity index (χ0n) is 11.1. The van der Waals surface area contributed by atoms with Crippen LogP contribution >= 0.6 is 0 Å². The van der Waals surface area contributed by atoms with Gasteiger partial charge >= 0.3 is 0 Å². The van der Waals surface area contributed by atoms with Gasteiger partial charge in [0.15, 0.2) is 0 Å². The van der Waals surface area contributed by atoms with Gasteiger partial charge in [0.2, 0.25) is 0 Å². The van der Waals surface area contributed by atoms with Crippen molar-refractivity contribution in [3.63, 3.8) is 0 Å². The molecule has 0 spiro atoms. The fourth-order valence-corrected chi connectivity index (χ4v) is 2.54. The van der Waals surface area contributed by atoms with E-state index in [2.05, 4.69) is 21.4 Å². The zero-order valence-corrected chi connectivity index (χ0v) is 11.1. The maximum Gasteiger partial charge on any atom is 0.123 e. The molecule has 1 aromatic carbocycles. The molecule has 2 heterocycles. The summed E-state index contributed by atoms with van der Waals surface area (Å²) in [4.78, 5) is 7.93. The van der Waals surface area contributed by atoms with Crippen LogP contribution in [-0.2, 0) is 0 Å². The number of aromatic nitrogens is 2. The highest BCUT2D eigenvalue weighted by Crippen LogP contribution is 2.25. The Bertz CT molecular complexity index is 544. The second kappa shape index (κ2) is 5.45. The third-order valence-corrected chi connectivity index (χ3v) is 3.62. The van der Waals surface area contributed by atoms with Gasteiger partial charge in [-0.1, -0.05) is 18.6 Å². The molecule has 0 radical (unpaired) electrons. The minimum absolute atomic E-state index is 0.369. The molecule has 0 amide bonds. The Morgan fingerprint density at radius 3 is 3.05 bits per heavy atom. The number of H-pyrrole nitrogens is 1. The van der Waals surface area contributed by atoms with E-state index in [-0.39, 0.29) is 0 Å². The first-order valence-corrected chi connectivity index (χ1v) is 6.79. The van der Waals surface area contributed by atoms with Crippen molar-refractivity contribution in [1.82, 2.24) is 15.3 Å². The highest BCUT2D eigenvalue weighted by atomic mass is 16.5. The maximum absolute atomic E-state index is 5.25. The van der Waals surface area contributed by atoms with E-state index in [0.717, 1.165) is 35.8 Å². The molecule has 2 aromatic rings. The smallest absolute Gasteiger partial charge is 0.123 e. The molecular weight excluding hydrogens is 238 g/mol. The lowest BCUT2D eigenvalue weighted by molar-refractivity contribution is 0.399. The molecule has 2 N–H and O–H groups in total. The average molecular weight is 257 g/mol. The summed E-state index contributed by atoms with van der Waals surface area (Å²) in [6, 6.07) is 8.39. The summed E-state index contributed by atoms with van der Waals surface area (Å²) in [6.07, 6.45) is 5.60. The Balaban J connectivity index is 1.83. The molecule has 1 aliphatic rings. The number of hydrogen-bond acceptors (Lipinski definition) is 3. The van der Waals surface area contributed by atoms with Crippen LogP contribution in [0.5, 0.6) is 5.75 Å². The number of imidazole rings is 1. The minimum atomic E-state index is 0.369. The average Bonchev–Trinajstić information content (AvgIpc) is 2.98. The number of piperidine rings is 1. The molecule has 0 saturated carbocycles. The lowest BCUT2D eigenvalue weighted by Gasteiger charge is -2.21. The molecule has 1 saturated heterocycles. The Kier molecular flexibility index (Phi) is 3.51. The van der Waals surface area contributed by atoms with Gasteiger partial charge in [-0.3, -0.25) is 0 Å². The lowest BCUT2D eigenvalue weighted by atomic mass is 10.0. The van der Waals surface area contributed by atoms with Crippen molar-refractivity contribution in [2.45, 2.75) is 25.3 Å². The maximum atomic E-state index is 5.25. The Hall–Kier alpha value is -1.81. The number of nitrogens with zero attached hydrogens (tertiary/aromatic N) is 1. The molecule has 3 rings (SSSR count). The van der Waals surface area contributed by atoms with Crippen LogP contribution in [0.25, 0.3) is 11.3 Å². The monoisotopic (exact) mass is 257 g/mol. The number of aromatic amines is 1. The van der Waals surface area contributed by atoms with Gasteiger partial charge in [-0.15, -0.1) is 0 Å². The van der Waals surface area contributed by atoms with Gasteiger partial charge in [0, 0.05) is 5.56 Å². The van der Waals surface area contributed by atoms with E-state index in [1.807, 2.05) is 24.4 Å². The highest BCUT2D eigenvalue weighted by molar-refractivity contribution is 5.60. The normalized spacial score (nSPS) is 19.3. The molecule has 100 valence electrons. The van der Waals surface area contributed by atoms with E-state index in [1.165, 1.54) is 12.8 Å². The van der Waals surface area contributed by atoms with Gasteiger partial charge in [-0.05, 0) is 31.5 Å². The van der Waals surface area contributed by atoms with Crippen LogP contribution in [0.3, 0.4) is 0 Å². The fourth-order valence-electron chi connectivity index (χ4n) is 2.54. The Morgan fingerprint density at radius 1 is 1.32 bits per heavy atom. The first kappa shape index (κ1) is 12.2. The van der Waals surface area contributed by atoms with Crippen molar-refractivity contribution in [3.05, 3.63) is 36.3 Å². The van der Waals surface area contributed by atoms with Gasteiger partial charge in [-0.25, -0.2) is 4.98 Å². The number of benzene rings is 1. The van der Waals surface area contributed by atoms with Crippen LogP contribution in [-0.4, -0.2) is 23.6 Å². The Labute approximate surface area is 113 Å². The molecule has 1 aromatic heterocycles. The van der Waals surface area contributed by atoms with Crippen molar-refractivity contribution in [2.24, 2.45) is 0 Å². The second-order valence-corrected chi connectivity index (χ2v) is 4.92. The third-order valence-electron chi connectivity index (χ3n) is 3.62. The van der Waals surface area contributed by atoms with E-state index in [4.69, 9.17) is 4.74 Å². The minimum Gasteiger partial charge on any atom is -0.497 e. The number of hydrogen-bond donors (Lipinski definition) is 2. The first-order valence-electron chi connectivity index (χ1n) is 6.79. The van der Waals surface area contributed by atoms with Crippen LogP contribution in [0.1, 0.15) is 31.1 Å². The molecule has 1 unspecified atom stereocenters. The van der Waals surface area contributed by atoms with E-state index in [1.54, 1.807) is 7.11 Å². The molecule has 1 aliphatic heterocycles. The predicted molar refractivity (Wildman–Crippen MR) is 75.2 cm³/mol. The van der Waals surface area contributed by atoms with Gasteiger partial charge in [0.05, 0.1) is 25.0 Å². The summed E-state index contributed by atoms with van der Waals surface area (Å²) in [5, 5.41) is 3.50. The quantitative estimate of drug-likeness (QED) is 0.889. The third kappa shape index (κ3) is 2.63. The summed E-state index contributed by atoms with van der Waals surface area (Å²) in [7, 11) is 1.68. The lowest BCUT2D eigenvalue weighted by Crippen LogP contribution is -2.27. The van der Waals surface area contributed by atoms with Gasteiger partial charge in [0.25, 0.3) is 0 Å². The van der Waals surface area contributed by atoms with Crippen LogP contribution in [0.15, 0.2) is 30.5 Å². The molecule has 4 nitrogen and oxygen atoms in total. The zero-order chi connectivity index (χ0) is 13.1. The van der Waals surface area contributed by atoms with Crippen LogP contribution in [0.2, 0.25) is 0 Å². The predicted octanol–water partition coefficient (Wildman–Crippen LogP) is 2.90. The van der Waals surface area contributed by atoms with E-state index >= 15 is 0 Å². The van der Waals surface area contributed by atoms with E-state index in [9.17, 15) is 0 Å². The molecule has 0 aliphatic carbocycles. The molecule has 1 fully saturated rings. The molecule has 0 bridgehead atoms. The topological polar surface area (TPSA) is 49.9 Å². The molecule has 4 heteroatoms. The van der Waals surface area contributed by atoms with Crippen molar-refractivity contribution < 1.29 is 4.74 Å². The number of ether oxygens (including phenoxy) is 1. The summed E-state index contributed by atoms with van der Waals surface area (Å²) >= 11 is 0. The molecule has 1 atom stereocenters. The number of nitrogens with one attached hydrogen (secondary N) is 2. The largest absolute Gasteiger partial charge is 0.497 e. The van der Waals surface area contributed by atoms with Crippen LogP contribution < -0.4 is 10.1 Å². The number of methoxy groups -OCH3 is 1. The van der Waals surface area contributed by atoms with Crippen molar-refractivity contribution in [3.8, 4) is 17.0 Å². The van der Waals surface area contributed by atoms with Crippen molar-refractivity contribution >= 4 is 0 Å². The van der Waals surface area contributed by atoms with Gasteiger partial charge in [0.1, 0.15) is 11.6 Å². The van der Waals surface area contributed by atoms with Gasteiger partial charge < -0.3 is 15.0 Å². The standard InChI is InChI=1S/C15H19N3O/c1-19-12-6-4-5-11(9-12)14-10-17-15(18-14)13-7-2-3-8-16-13/h4-6,9-10,13,16H,2-3,7-8H2,1H3,(H,17,18). The Morgan fingerprint density at radius 2 is 2.26 bits per heavy atom. The highest BCUT2D eigenvalue weighted by Gasteiger charge is 2.17. The second-order valence-electron chi connectivity index (χ2n) is 4.92. The van der Waals surface area contributed by atoms with E-state index in [0.29, 0.717) is 6.04 Å². The number of rotatable bonds is 3. The fraction of sp³-hybridized carbons (Fsp3) is 0.400. The first-order chi connectivity index (χ1) is 9.36. The molecular formula is C15H19N3O. The van der Waals surface area contributed by atoms with Gasteiger partial charge in [-0.2, -0.15) is 0 Å². The van der Waals surface area contributed by atoms with Crippen molar-refractivity contribution in [2.75, 3.05) is 13.7 Å². The summed E-state index contributed by atoms with van der Waals surface area (Å²) in [5.41, 5.74) is 2.15. The van der Waals surface area contributed by atoms with Crippen LogP contribution in [0, 0.1) is 0 Å². The summed E-state index contributed by atoms with van der Waals surface area (Å²) in [6.45, 7) is 1.08. The van der Waals surface area contributed by atoms with Crippen LogP contribution in [0.4, 0.5) is 0 Å². The summed E-state index contributed by atoms with van der Waals surface area (Å²) in [5.74, 6) is 1.90.